The second-order valence-corrected chi connectivity index (χ2v) is 12.6. The fourth-order valence-corrected chi connectivity index (χ4v) is 7.71. The predicted molar refractivity (Wildman–Crippen MR) is 135 cm³/mol. The number of hydrogen-bond acceptors (Lipinski definition) is 7. The third-order valence-electron chi connectivity index (χ3n) is 6.14. The number of benzene rings is 1. The summed E-state index contributed by atoms with van der Waals surface area (Å²) in [6.07, 6.45) is 3.60. The Bertz CT molecular complexity index is 1470. The maximum absolute atomic E-state index is 14.1. The van der Waals surface area contributed by atoms with E-state index in [2.05, 4.69) is 25.7 Å². The minimum absolute atomic E-state index is 0.0113. The minimum atomic E-state index is -2.27. The fraction of sp³-hybridized carbons (Fsp3) is 0.409. The van der Waals surface area contributed by atoms with Crippen LogP contribution < -0.4 is 10.6 Å². The number of aliphatic imine (C=N–C) groups is 1. The number of amides is 3. The highest BCUT2D eigenvalue weighted by molar-refractivity contribution is 8.01. The van der Waals surface area contributed by atoms with Crippen LogP contribution in [0.25, 0.3) is 16.2 Å². The summed E-state index contributed by atoms with van der Waals surface area (Å²) in [6, 6.07) is -0.305. The number of hydrogen-bond donors (Lipinski definition) is 2. The SMILES string of the molecule is O=C(CCCCC1SCC2=NC(=O)NC21)NCCS(=O)c1nn2cc(-c3c(F)c(F)c(F)c(F)c3F)nc2s1. The molecule has 39 heavy (non-hydrogen) atoms. The van der Waals surface area contributed by atoms with Gasteiger partial charge >= 0.3 is 6.03 Å². The van der Waals surface area contributed by atoms with E-state index in [0.29, 0.717) is 12.8 Å². The maximum Gasteiger partial charge on any atom is 0.341 e. The molecular formula is C22H19F5N6O3S3. The largest absolute Gasteiger partial charge is 0.355 e. The van der Waals surface area contributed by atoms with Gasteiger partial charge in [0.2, 0.25) is 21.0 Å². The first kappa shape index (κ1) is 27.6. The van der Waals surface area contributed by atoms with Crippen molar-refractivity contribution in [1.29, 1.82) is 0 Å². The van der Waals surface area contributed by atoms with Crippen LogP contribution in [0.1, 0.15) is 25.7 Å². The molecule has 2 aliphatic rings. The molecule has 0 radical (unpaired) electrons. The van der Waals surface area contributed by atoms with Crippen LogP contribution in [-0.4, -0.2) is 65.8 Å². The molecule has 3 unspecified atom stereocenters. The van der Waals surface area contributed by atoms with Gasteiger partial charge in [0.1, 0.15) is 0 Å². The smallest absolute Gasteiger partial charge is 0.341 e. The minimum Gasteiger partial charge on any atom is -0.355 e. The first-order chi connectivity index (χ1) is 18.6. The third kappa shape index (κ3) is 5.56. The van der Waals surface area contributed by atoms with Crippen LogP contribution in [0.5, 0.6) is 0 Å². The number of fused-ring (bicyclic) bond motifs is 2. The summed E-state index contributed by atoms with van der Waals surface area (Å²) in [7, 11) is -1.63. The van der Waals surface area contributed by atoms with Gasteiger partial charge in [0.05, 0.1) is 40.0 Å². The van der Waals surface area contributed by atoms with Crippen molar-refractivity contribution in [3.63, 3.8) is 0 Å². The Hall–Kier alpha value is -2.92. The molecule has 1 fully saturated rings. The summed E-state index contributed by atoms with van der Waals surface area (Å²) in [5.41, 5.74) is -0.809. The van der Waals surface area contributed by atoms with E-state index >= 15 is 0 Å². The highest BCUT2D eigenvalue weighted by atomic mass is 32.2. The van der Waals surface area contributed by atoms with E-state index in [9.17, 15) is 35.8 Å². The molecule has 2 N–H and O–H groups in total. The van der Waals surface area contributed by atoms with Crippen molar-refractivity contribution < 1.29 is 35.8 Å². The van der Waals surface area contributed by atoms with Gasteiger partial charge in [0.25, 0.3) is 0 Å². The van der Waals surface area contributed by atoms with Gasteiger partial charge in [-0.25, -0.2) is 36.2 Å². The Morgan fingerprint density at radius 1 is 1.13 bits per heavy atom. The van der Waals surface area contributed by atoms with E-state index < -0.39 is 51.1 Å². The quantitative estimate of drug-likeness (QED) is 0.158. The number of carbonyl (C=O) groups is 2. The molecule has 4 heterocycles. The average molecular weight is 607 g/mol. The molecule has 5 rings (SSSR count). The highest BCUT2D eigenvalue weighted by Gasteiger charge is 2.38. The zero-order valence-electron chi connectivity index (χ0n) is 19.8. The third-order valence-corrected chi connectivity index (χ3v) is 10.1. The number of carbonyl (C=O) groups excluding carboxylic acids is 2. The van der Waals surface area contributed by atoms with Crippen LogP contribution in [0.15, 0.2) is 15.5 Å². The summed E-state index contributed by atoms with van der Waals surface area (Å²) >= 11 is 2.57. The van der Waals surface area contributed by atoms with Crippen molar-refractivity contribution in [1.82, 2.24) is 25.2 Å². The molecule has 17 heteroatoms. The van der Waals surface area contributed by atoms with Gasteiger partial charge in [-0.2, -0.15) is 4.99 Å². The first-order valence-corrected chi connectivity index (χ1v) is 14.8. The Labute approximate surface area is 228 Å². The standard InChI is InChI=1S/C22H19F5N6O3S3/c23-14-13(15(24)17(26)18(27)16(14)25)9-7-33-21(30-9)38-22(32-33)39(36)6-5-28-12(34)4-2-1-3-11-19-10(8-37-11)29-20(35)31-19/h7,11,19H,1-6,8H2,(H,28,34)(H,31,35). The first-order valence-electron chi connectivity index (χ1n) is 11.7. The van der Waals surface area contributed by atoms with Crippen molar-refractivity contribution in [3.8, 4) is 11.3 Å². The number of rotatable bonds is 10. The van der Waals surface area contributed by atoms with Crippen molar-refractivity contribution in [3.05, 3.63) is 35.3 Å². The van der Waals surface area contributed by atoms with E-state index in [1.54, 1.807) is 11.8 Å². The molecule has 9 nitrogen and oxygen atoms in total. The van der Waals surface area contributed by atoms with E-state index in [-0.39, 0.29) is 44.8 Å². The Kier molecular flexibility index (Phi) is 8.00. The number of nitrogens with one attached hydrogen (secondary N) is 2. The highest BCUT2D eigenvalue weighted by Crippen LogP contribution is 2.33. The number of halogens is 5. The summed E-state index contributed by atoms with van der Waals surface area (Å²) in [5.74, 6) is -9.87. The van der Waals surface area contributed by atoms with Crippen LogP contribution in [0.2, 0.25) is 0 Å². The van der Waals surface area contributed by atoms with E-state index in [0.717, 1.165) is 46.4 Å². The van der Waals surface area contributed by atoms with Gasteiger partial charge in [-0.05, 0) is 12.8 Å². The fourth-order valence-electron chi connectivity index (χ4n) is 4.23. The van der Waals surface area contributed by atoms with Gasteiger partial charge in [0, 0.05) is 29.7 Å². The zero-order chi connectivity index (χ0) is 27.8. The topological polar surface area (TPSA) is 118 Å². The molecule has 1 aromatic carbocycles. The number of aromatic nitrogens is 3. The summed E-state index contributed by atoms with van der Waals surface area (Å²) in [6.45, 7) is 0.121. The summed E-state index contributed by atoms with van der Waals surface area (Å²) in [5, 5.41) is 9.82. The molecule has 2 aliphatic heterocycles. The second-order valence-electron chi connectivity index (χ2n) is 8.69. The maximum atomic E-state index is 14.1. The molecule has 208 valence electrons. The van der Waals surface area contributed by atoms with Crippen LogP contribution in [0.4, 0.5) is 26.7 Å². The van der Waals surface area contributed by atoms with Crippen molar-refractivity contribution in [2.45, 2.75) is 41.3 Å². The predicted octanol–water partition coefficient (Wildman–Crippen LogP) is 3.59. The Morgan fingerprint density at radius 3 is 2.56 bits per heavy atom. The van der Waals surface area contributed by atoms with Crippen molar-refractivity contribution in [2.24, 2.45) is 4.99 Å². The molecule has 2 aromatic heterocycles. The summed E-state index contributed by atoms with van der Waals surface area (Å²) in [4.78, 5) is 31.3. The number of imidazole rings is 1. The van der Waals surface area contributed by atoms with Gasteiger partial charge in [0.15, 0.2) is 23.3 Å². The molecule has 3 atom stereocenters. The summed E-state index contributed by atoms with van der Waals surface area (Å²) < 4.78 is 82.2. The normalized spacial score (nSPS) is 19.3. The molecular weight excluding hydrogens is 587 g/mol. The second kappa shape index (κ2) is 11.3. The molecule has 0 spiro atoms. The van der Waals surface area contributed by atoms with Crippen LogP contribution in [-0.2, 0) is 15.6 Å². The zero-order valence-corrected chi connectivity index (χ0v) is 22.3. The van der Waals surface area contributed by atoms with E-state index in [1.165, 1.54) is 0 Å². The lowest BCUT2D eigenvalue weighted by molar-refractivity contribution is -0.121. The van der Waals surface area contributed by atoms with Crippen molar-refractivity contribution in [2.75, 3.05) is 18.1 Å². The molecule has 0 bridgehead atoms. The van der Waals surface area contributed by atoms with Crippen LogP contribution >= 0.6 is 23.1 Å². The average Bonchev–Trinajstić information content (AvgIpc) is 3.65. The van der Waals surface area contributed by atoms with Gasteiger partial charge in [-0.1, -0.05) is 17.8 Å². The van der Waals surface area contributed by atoms with Gasteiger partial charge < -0.3 is 10.6 Å². The molecule has 0 saturated carbocycles. The molecule has 0 aliphatic carbocycles. The van der Waals surface area contributed by atoms with E-state index in [1.807, 2.05) is 0 Å². The molecule has 3 aromatic rings. The number of nitrogens with zero attached hydrogens (tertiary/aromatic N) is 4. The number of unbranched alkanes of at least 4 members (excludes halogenated alkanes) is 1. The Balaban J connectivity index is 1.08. The molecule has 3 amide bonds. The molecule has 1 saturated heterocycles. The van der Waals surface area contributed by atoms with Gasteiger partial charge in [-0.3, -0.25) is 9.00 Å². The lowest BCUT2D eigenvalue weighted by Crippen LogP contribution is -2.36. The number of thioether (sulfide) groups is 1. The van der Waals surface area contributed by atoms with E-state index in [4.69, 9.17) is 0 Å². The van der Waals surface area contributed by atoms with Gasteiger partial charge in [-0.15, -0.1) is 16.9 Å². The lowest BCUT2D eigenvalue weighted by atomic mass is 10.0. The number of urea groups is 1. The van der Waals surface area contributed by atoms with Crippen molar-refractivity contribution >= 4 is 56.5 Å². The van der Waals surface area contributed by atoms with Crippen LogP contribution in [0, 0.1) is 29.1 Å². The Morgan fingerprint density at radius 2 is 1.85 bits per heavy atom. The monoisotopic (exact) mass is 606 g/mol. The lowest BCUT2D eigenvalue weighted by Gasteiger charge is -2.15. The van der Waals surface area contributed by atoms with Crippen LogP contribution in [0.3, 0.4) is 0 Å².